The van der Waals surface area contributed by atoms with Crippen molar-refractivity contribution in [2.45, 2.75) is 13.3 Å². The van der Waals surface area contributed by atoms with Crippen LogP contribution in [0.1, 0.15) is 13.3 Å². The smallest absolute Gasteiger partial charge is 0.307 e. The number of benzene rings is 1. The van der Waals surface area contributed by atoms with Crippen LogP contribution in [-0.4, -0.2) is 33.3 Å². The van der Waals surface area contributed by atoms with Gasteiger partial charge in [-0.15, -0.1) is 0 Å². The molecule has 0 atom stereocenters. The summed E-state index contributed by atoms with van der Waals surface area (Å²) >= 11 is 0. The standard InChI is InChI=1S/C13H19NO4/c1-4-18-13(15)5-6-14-10-7-11(16-2)9-12(8-10)17-3/h7-9,14H,4-6H2,1-3H3. The summed E-state index contributed by atoms with van der Waals surface area (Å²) in [5.41, 5.74) is 0.843. The van der Waals surface area contributed by atoms with Crippen LogP contribution in [0.5, 0.6) is 11.5 Å². The molecule has 18 heavy (non-hydrogen) atoms. The van der Waals surface area contributed by atoms with Crippen LogP contribution in [0.15, 0.2) is 18.2 Å². The molecule has 0 aromatic heterocycles. The molecule has 0 unspecified atom stereocenters. The normalized spacial score (nSPS) is 9.72. The number of hydrogen-bond donors (Lipinski definition) is 1. The molecule has 0 aliphatic carbocycles. The minimum absolute atomic E-state index is 0.208. The van der Waals surface area contributed by atoms with Gasteiger partial charge in [-0.05, 0) is 6.92 Å². The van der Waals surface area contributed by atoms with Crippen LogP contribution in [0, 0.1) is 0 Å². The van der Waals surface area contributed by atoms with Crippen LogP contribution in [0.4, 0.5) is 5.69 Å². The molecule has 1 aromatic carbocycles. The van der Waals surface area contributed by atoms with Gasteiger partial charge in [0.25, 0.3) is 0 Å². The van der Waals surface area contributed by atoms with Crippen molar-refractivity contribution in [2.24, 2.45) is 0 Å². The van der Waals surface area contributed by atoms with E-state index in [-0.39, 0.29) is 5.97 Å². The highest BCUT2D eigenvalue weighted by Crippen LogP contribution is 2.25. The summed E-state index contributed by atoms with van der Waals surface area (Å²) in [6.07, 6.45) is 0.327. The molecule has 0 saturated carbocycles. The second-order valence-corrected chi connectivity index (χ2v) is 3.58. The van der Waals surface area contributed by atoms with Crippen molar-refractivity contribution < 1.29 is 19.0 Å². The topological polar surface area (TPSA) is 56.8 Å². The van der Waals surface area contributed by atoms with Crippen molar-refractivity contribution in [3.63, 3.8) is 0 Å². The average molecular weight is 253 g/mol. The molecule has 100 valence electrons. The molecule has 0 fully saturated rings. The molecule has 5 heteroatoms. The first-order valence-electron chi connectivity index (χ1n) is 5.82. The molecular weight excluding hydrogens is 234 g/mol. The zero-order chi connectivity index (χ0) is 13.4. The van der Waals surface area contributed by atoms with Crippen LogP contribution in [-0.2, 0) is 9.53 Å². The Balaban J connectivity index is 2.53. The first-order valence-corrected chi connectivity index (χ1v) is 5.82. The molecule has 0 aliphatic rings. The summed E-state index contributed by atoms with van der Waals surface area (Å²) in [4.78, 5) is 11.2. The van der Waals surface area contributed by atoms with Crippen molar-refractivity contribution in [3.05, 3.63) is 18.2 Å². The average Bonchev–Trinajstić information content (AvgIpc) is 2.38. The van der Waals surface area contributed by atoms with Crippen molar-refractivity contribution >= 4 is 11.7 Å². The number of esters is 1. The summed E-state index contributed by atoms with van der Waals surface area (Å²) < 4.78 is 15.1. The van der Waals surface area contributed by atoms with Gasteiger partial charge in [-0.1, -0.05) is 0 Å². The number of hydrogen-bond acceptors (Lipinski definition) is 5. The Bertz CT molecular complexity index is 370. The van der Waals surface area contributed by atoms with Gasteiger partial charge in [0.1, 0.15) is 11.5 Å². The van der Waals surface area contributed by atoms with Gasteiger partial charge in [-0.2, -0.15) is 0 Å². The van der Waals surface area contributed by atoms with Gasteiger partial charge in [-0.25, -0.2) is 0 Å². The Morgan fingerprint density at radius 2 is 1.78 bits per heavy atom. The molecule has 1 N–H and O–H groups in total. The molecule has 0 bridgehead atoms. The Labute approximate surface area is 107 Å². The Hall–Kier alpha value is -1.91. The second kappa shape index (κ2) is 7.42. The highest BCUT2D eigenvalue weighted by atomic mass is 16.5. The van der Waals surface area contributed by atoms with Crippen molar-refractivity contribution in [1.82, 2.24) is 0 Å². The summed E-state index contributed by atoms with van der Waals surface area (Å²) in [5, 5.41) is 3.12. The monoisotopic (exact) mass is 253 g/mol. The number of anilines is 1. The van der Waals surface area contributed by atoms with E-state index < -0.39 is 0 Å². The number of methoxy groups -OCH3 is 2. The van der Waals surface area contributed by atoms with E-state index in [1.165, 1.54) is 0 Å². The lowest BCUT2D eigenvalue weighted by Crippen LogP contribution is -2.11. The molecule has 0 spiro atoms. The lowest BCUT2D eigenvalue weighted by Gasteiger charge is -2.10. The molecule has 0 amide bonds. The molecule has 0 radical (unpaired) electrons. The first-order chi connectivity index (χ1) is 8.69. The lowest BCUT2D eigenvalue weighted by molar-refractivity contribution is -0.142. The number of carbonyl (C=O) groups is 1. The zero-order valence-electron chi connectivity index (χ0n) is 11.0. The minimum Gasteiger partial charge on any atom is -0.497 e. The first kappa shape index (κ1) is 14.2. The van der Waals surface area contributed by atoms with Gasteiger partial charge < -0.3 is 19.5 Å². The molecule has 5 nitrogen and oxygen atoms in total. The number of carbonyl (C=O) groups excluding carboxylic acids is 1. The van der Waals surface area contributed by atoms with Crippen LogP contribution in [0.2, 0.25) is 0 Å². The van der Waals surface area contributed by atoms with Gasteiger partial charge in [-0.3, -0.25) is 4.79 Å². The number of ether oxygens (including phenoxy) is 3. The van der Waals surface area contributed by atoms with Gasteiger partial charge in [0.15, 0.2) is 0 Å². The van der Waals surface area contributed by atoms with Crippen molar-refractivity contribution in [2.75, 3.05) is 32.7 Å². The van der Waals surface area contributed by atoms with E-state index >= 15 is 0 Å². The SMILES string of the molecule is CCOC(=O)CCNc1cc(OC)cc(OC)c1. The highest BCUT2D eigenvalue weighted by molar-refractivity contribution is 5.70. The van der Waals surface area contributed by atoms with E-state index in [4.69, 9.17) is 14.2 Å². The van der Waals surface area contributed by atoms with Crippen LogP contribution in [0.25, 0.3) is 0 Å². The number of rotatable bonds is 7. The van der Waals surface area contributed by atoms with Gasteiger partial charge >= 0.3 is 5.97 Å². The molecule has 0 aliphatic heterocycles. The maximum Gasteiger partial charge on any atom is 0.307 e. The van der Waals surface area contributed by atoms with E-state index in [1.54, 1.807) is 27.2 Å². The molecule has 0 saturated heterocycles. The fraction of sp³-hybridized carbons (Fsp3) is 0.462. The summed E-state index contributed by atoms with van der Waals surface area (Å²) in [6, 6.07) is 5.47. The zero-order valence-corrected chi connectivity index (χ0v) is 11.0. The Kier molecular flexibility index (Phi) is 5.84. The maximum absolute atomic E-state index is 11.2. The van der Waals surface area contributed by atoms with E-state index in [0.29, 0.717) is 31.1 Å². The Morgan fingerprint density at radius 1 is 1.17 bits per heavy atom. The Morgan fingerprint density at radius 3 is 2.28 bits per heavy atom. The second-order valence-electron chi connectivity index (χ2n) is 3.58. The van der Waals surface area contributed by atoms with Gasteiger partial charge in [0, 0.05) is 30.4 Å². The largest absolute Gasteiger partial charge is 0.497 e. The molecule has 1 rings (SSSR count). The van der Waals surface area contributed by atoms with E-state index in [0.717, 1.165) is 5.69 Å². The van der Waals surface area contributed by atoms with E-state index in [1.807, 2.05) is 12.1 Å². The third kappa shape index (κ3) is 4.53. The van der Waals surface area contributed by atoms with Gasteiger partial charge in [0.2, 0.25) is 0 Å². The fourth-order valence-corrected chi connectivity index (χ4v) is 1.45. The van der Waals surface area contributed by atoms with Crippen molar-refractivity contribution in [3.8, 4) is 11.5 Å². The quantitative estimate of drug-likeness (QED) is 0.754. The molecule has 1 aromatic rings. The summed E-state index contributed by atoms with van der Waals surface area (Å²) in [7, 11) is 3.19. The lowest BCUT2D eigenvalue weighted by atomic mass is 10.2. The predicted octanol–water partition coefficient (Wildman–Crippen LogP) is 2.07. The van der Waals surface area contributed by atoms with E-state index in [2.05, 4.69) is 5.32 Å². The van der Waals surface area contributed by atoms with Gasteiger partial charge in [0.05, 0.1) is 27.2 Å². The highest BCUT2D eigenvalue weighted by Gasteiger charge is 2.04. The van der Waals surface area contributed by atoms with Crippen LogP contribution >= 0.6 is 0 Å². The number of nitrogens with one attached hydrogen (secondary N) is 1. The third-order valence-electron chi connectivity index (χ3n) is 2.32. The summed E-state index contributed by atoms with van der Waals surface area (Å²) in [6.45, 7) is 2.71. The molecule has 0 heterocycles. The molecular formula is C13H19NO4. The third-order valence-corrected chi connectivity index (χ3v) is 2.32. The summed E-state index contributed by atoms with van der Waals surface area (Å²) in [5.74, 6) is 1.20. The van der Waals surface area contributed by atoms with Crippen molar-refractivity contribution in [1.29, 1.82) is 0 Å². The predicted molar refractivity (Wildman–Crippen MR) is 69.3 cm³/mol. The maximum atomic E-state index is 11.2. The van der Waals surface area contributed by atoms with Crippen LogP contribution < -0.4 is 14.8 Å². The minimum atomic E-state index is -0.208. The van der Waals surface area contributed by atoms with Crippen LogP contribution in [0.3, 0.4) is 0 Å². The van der Waals surface area contributed by atoms with E-state index in [9.17, 15) is 4.79 Å². The fourth-order valence-electron chi connectivity index (χ4n) is 1.45.